The fraction of sp³-hybridized carbons (Fsp3) is 0.364. The molecule has 1 fully saturated rings. The first-order valence-corrected chi connectivity index (χ1v) is 5.65. The van der Waals surface area contributed by atoms with Gasteiger partial charge in [-0.2, -0.15) is 12.6 Å². The monoisotopic (exact) mass is 241 g/mol. The fourth-order valence-electron chi connectivity index (χ4n) is 1.85. The molecule has 86 valence electrons. The molecule has 1 aromatic rings. The van der Waals surface area contributed by atoms with E-state index in [1.165, 1.54) is 17.0 Å². The van der Waals surface area contributed by atoms with Gasteiger partial charge in [0.05, 0.1) is 5.69 Å². The summed E-state index contributed by atoms with van der Waals surface area (Å²) in [6, 6.07) is 3.59. The smallest absolute Gasteiger partial charge is 0.227 e. The molecule has 2 rings (SSSR count). The molecule has 1 atom stereocenters. The summed E-state index contributed by atoms with van der Waals surface area (Å²) in [5.41, 5.74) is 0.245. The molecule has 0 aliphatic carbocycles. The van der Waals surface area contributed by atoms with Crippen LogP contribution in [0, 0.1) is 11.7 Å². The molecular formula is C11H12FNO2S. The third-order valence-corrected chi connectivity index (χ3v) is 3.21. The lowest BCUT2D eigenvalue weighted by atomic mass is 10.1. The third-order valence-electron chi connectivity index (χ3n) is 2.69. The minimum Gasteiger partial charge on any atom is -0.506 e. The lowest BCUT2D eigenvalue weighted by Crippen LogP contribution is -2.24. The maximum absolute atomic E-state index is 13.0. The largest absolute Gasteiger partial charge is 0.506 e. The highest BCUT2D eigenvalue weighted by Crippen LogP contribution is 2.32. The van der Waals surface area contributed by atoms with Crippen LogP contribution < -0.4 is 4.90 Å². The van der Waals surface area contributed by atoms with Crippen LogP contribution in [0.15, 0.2) is 18.2 Å². The van der Waals surface area contributed by atoms with Crippen molar-refractivity contribution in [1.82, 2.24) is 0 Å². The zero-order valence-electron chi connectivity index (χ0n) is 8.56. The normalized spacial score (nSPS) is 20.5. The van der Waals surface area contributed by atoms with Crippen LogP contribution in [0.4, 0.5) is 10.1 Å². The molecule has 1 heterocycles. The maximum Gasteiger partial charge on any atom is 0.227 e. The van der Waals surface area contributed by atoms with Crippen molar-refractivity contribution in [1.29, 1.82) is 0 Å². The van der Waals surface area contributed by atoms with Crippen LogP contribution in [0.2, 0.25) is 0 Å². The Kier molecular flexibility index (Phi) is 3.05. The Labute approximate surface area is 98.3 Å². The Morgan fingerprint density at radius 2 is 2.31 bits per heavy atom. The zero-order chi connectivity index (χ0) is 11.7. The number of benzene rings is 1. The van der Waals surface area contributed by atoms with E-state index in [4.69, 9.17) is 0 Å². The molecule has 5 heteroatoms. The van der Waals surface area contributed by atoms with Crippen LogP contribution in [0.5, 0.6) is 5.75 Å². The number of rotatable bonds is 2. The van der Waals surface area contributed by atoms with E-state index >= 15 is 0 Å². The van der Waals surface area contributed by atoms with Crippen molar-refractivity contribution in [2.45, 2.75) is 6.42 Å². The van der Waals surface area contributed by atoms with E-state index in [-0.39, 0.29) is 23.3 Å². The van der Waals surface area contributed by atoms with Crippen molar-refractivity contribution < 1.29 is 14.3 Å². The highest BCUT2D eigenvalue weighted by Gasteiger charge is 2.31. The summed E-state index contributed by atoms with van der Waals surface area (Å²) in [7, 11) is 0. The Balaban J connectivity index is 2.30. The predicted octanol–water partition coefficient (Wildman–Crippen LogP) is 1.81. The van der Waals surface area contributed by atoms with E-state index < -0.39 is 5.82 Å². The standard InChI is InChI=1S/C11H12FNO2S/c12-8-1-2-10(14)9(4-8)13-5-7(6-16)3-11(13)15/h1-2,4,7,14,16H,3,5-6H2. The van der Waals surface area contributed by atoms with Gasteiger partial charge in [-0.25, -0.2) is 4.39 Å². The SMILES string of the molecule is O=C1CC(CS)CN1c1cc(F)ccc1O. The van der Waals surface area contributed by atoms with Crippen LogP contribution in [0.25, 0.3) is 0 Å². The van der Waals surface area contributed by atoms with Gasteiger partial charge in [-0.05, 0) is 23.8 Å². The number of phenols is 1. The zero-order valence-corrected chi connectivity index (χ0v) is 9.45. The van der Waals surface area contributed by atoms with E-state index in [0.717, 1.165) is 6.07 Å². The number of hydrogen-bond acceptors (Lipinski definition) is 3. The second-order valence-corrected chi connectivity index (χ2v) is 4.26. The molecule has 0 aromatic heterocycles. The maximum atomic E-state index is 13.0. The van der Waals surface area contributed by atoms with Crippen molar-refractivity contribution in [3.63, 3.8) is 0 Å². The Morgan fingerprint density at radius 1 is 1.56 bits per heavy atom. The number of carbonyl (C=O) groups excluding carboxylic acids is 1. The number of amides is 1. The molecule has 1 aromatic carbocycles. The second kappa shape index (κ2) is 4.33. The van der Waals surface area contributed by atoms with Crippen LogP contribution >= 0.6 is 12.6 Å². The first-order chi connectivity index (χ1) is 7.61. The first-order valence-electron chi connectivity index (χ1n) is 5.01. The molecule has 1 saturated heterocycles. The van der Waals surface area contributed by atoms with Crippen LogP contribution in [-0.4, -0.2) is 23.3 Å². The minimum atomic E-state index is -0.463. The number of anilines is 1. The van der Waals surface area contributed by atoms with E-state index in [9.17, 15) is 14.3 Å². The minimum absolute atomic E-state index is 0.0745. The van der Waals surface area contributed by atoms with Gasteiger partial charge in [0, 0.05) is 19.0 Å². The second-order valence-electron chi connectivity index (χ2n) is 3.89. The molecule has 0 radical (unpaired) electrons. The Hall–Kier alpha value is -1.23. The van der Waals surface area contributed by atoms with Gasteiger partial charge in [0.1, 0.15) is 11.6 Å². The van der Waals surface area contributed by atoms with Crippen molar-refractivity contribution in [3.05, 3.63) is 24.0 Å². The van der Waals surface area contributed by atoms with Crippen LogP contribution in [-0.2, 0) is 4.79 Å². The summed E-state index contributed by atoms with van der Waals surface area (Å²) >= 11 is 4.14. The Bertz CT molecular complexity index is 424. The van der Waals surface area contributed by atoms with E-state index in [2.05, 4.69) is 12.6 Å². The van der Waals surface area contributed by atoms with Gasteiger partial charge in [0.2, 0.25) is 5.91 Å². The van der Waals surface area contributed by atoms with E-state index in [0.29, 0.717) is 18.7 Å². The molecule has 1 unspecified atom stereocenters. The third kappa shape index (κ3) is 2.00. The quantitative estimate of drug-likeness (QED) is 0.775. The summed E-state index contributed by atoms with van der Waals surface area (Å²) in [5, 5.41) is 9.59. The number of hydrogen-bond donors (Lipinski definition) is 2. The number of phenolic OH excluding ortho intramolecular Hbond substituents is 1. The summed E-state index contributed by atoms with van der Waals surface area (Å²) in [5.74, 6) is 0.140. The van der Waals surface area contributed by atoms with Gasteiger partial charge >= 0.3 is 0 Å². The summed E-state index contributed by atoms with van der Waals surface area (Å²) in [6.45, 7) is 0.485. The van der Waals surface area contributed by atoms with Gasteiger partial charge in [-0.15, -0.1) is 0 Å². The molecule has 1 aliphatic heterocycles. The number of halogens is 1. The molecule has 0 saturated carbocycles. The average Bonchev–Trinajstić information content (AvgIpc) is 2.63. The molecule has 1 N–H and O–H groups in total. The van der Waals surface area contributed by atoms with E-state index in [1.54, 1.807) is 0 Å². The molecule has 0 bridgehead atoms. The fourth-order valence-corrected chi connectivity index (χ4v) is 2.09. The molecule has 16 heavy (non-hydrogen) atoms. The van der Waals surface area contributed by atoms with Gasteiger partial charge in [-0.1, -0.05) is 0 Å². The van der Waals surface area contributed by atoms with Gasteiger partial charge in [0.15, 0.2) is 0 Å². The topological polar surface area (TPSA) is 40.5 Å². The highest BCUT2D eigenvalue weighted by molar-refractivity contribution is 7.80. The lowest BCUT2D eigenvalue weighted by Gasteiger charge is -2.17. The summed E-state index contributed by atoms with van der Waals surface area (Å²) in [4.78, 5) is 13.1. The number of nitrogens with zero attached hydrogens (tertiary/aromatic N) is 1. The highest BCUT2D eigenvalue weighted by atomic mass is 32.1. The number of thiol groups is 1. The predicted molar refractivity (Wildman–Crippen MR) is 62.4 cm³/mol. The van der Waals surface area contributed by atoms with Gasteiger partial charge < -0.3 is 10.0 Å². The molecular weight excluding hydrogens is 229 g/mol. The number of carbonyl (C=O) groups is 1. The van der Waals surface area contributed by atoms with Crippen molar-refractivity contribution in [2.75, 3.05) is 17.2 Å². The molecule has 1 amide bonds. The summed E-state index contributed by atoms with van der Waals surface area (Å²) < 4.78 is 13.0. The van der Waals surface area contributed by atoms with Crippen molar-refractivity contribution in [3.8, 4) is 5.75 Å². The first kappa shape index (κ1) is 11.3. The Morgan fingerprint density at radius 3 is 2.94 bits per heavy atom. The van der Waals surface area contributed by atoms with Gasteiger partial charge in [0.25, 0.3) is 0 Å². The molecule has 1 aliphatic rings. The van der Waals surface area contributed by atoms with Crippen molar-refractivity contribution in [2.24, 2.45) is 5.92 Å². The molecule has 3 nitrogen and oxygen atoms in total. The average molecular weight is 241 g/mol. The van der Waals surface area contributed by atoms with Gasteiger partial charge in [-0.3, -0.25) is 4.79 Å². The molecule has 0 spiro atoms. The van der Waals surface area contributed by atoms with E-state index in [1.807, 2.05) is 0 Å². The number of aromatic hydroxyl groups is 1. The van der Waals surface area contributed by atoms with Crippen LogP contribution in [0.1, 0.15) is 6.42 Å². The lowest BCUT2D eigenvalue weighted by molar-refractivity contribution is -0.117. The summed E-state index contributed by atoms with van der Waals surface area (Å²) in [6.07, 6.45) is 0.402. The van der Waals surface area contributed by atoms with Crippen molar-refractivity contribution >= 4 is 24.2 Å². The van der Waals surface area contributed by atoms with Crippen LogP contribution in [0.3, 0.4) is 0 Å².